The molecule has 0 amide bonds. The Bertz CT molecular complexity index is 1930. The zero-order chi connectivity index (χ0) is 31.4. The van der Waals surface area contributed by atoms with E-state index >= 15 is 0 Å². The largest absolute Gasteiger partial charge is 0.493 e. The summed E-state index contributed by atoms with van der Waals surface area (Å²) in [7, 11) is 1.56. The second-order valence-electron chi connectivity index (χ2n) is 9.72. The Morgan fingerprint density at radius 2 is 1.82 bits per heavy atom. The molecule has 0 unspecified atom stereocenters. The van der Waals surface area contributed by atoms with Gasteiger partial charge in [-0.3, -0.25) is 9.36 Å². The van der Waals surface area contributed by atoms with Gasteiger partial charge in [0.2, 0.25) is 0 Å². The third kappa shape index (κ3) is 6.47. The van der Waals surface area contributed by atoms with Gasteiger partial charge in [0, 0.05) is 10.6 Å². The van der Waals surface area contributed by atoms with E-state index in [-0.39, 0.29) is 12.2 Å². The fourth-order valence-electron chi connectivity index (χ4n) is 4.88. The molecule has 3 aromatic carbocycles. The highest BCUT2D eigenvalue weighted by atomic mass is 79.9. The first-order valence-electron chi connectivity index (χ1n) is 13.9. The fourth-order valence-corrected chi connectivity index (χ4v) is 6.63. The molecule has 0 bridgehead atoms. The van der Waals surface area contributed by atoms with Crippen molar-refractivity contribution < 1.29 is 23.7 Å². The number of fused-ring (bicyclic) bond motifs is 1. The van der Waals surface area contributed by atoms with Gasteiger partial charge in [-0.15, -0.1) is 0 Å². The number of esters is 1. The number of aromatic nitrogens is 1. The highest BCUT2D eigenvalue weighted by molar-refractivity contribution is 9.10. The van der Waals surface area contributed by atoms with Crippen molar-refractivity contribution in [1.29, 1.82) is 0 Å². The Hall–Kier alpha value is -3.86. The summed E-state index contributed by atoms with van der Waals surface area (Å²) >= 11 is 11.1. The molecular formula is C33H30BrClN2O6S. The van der Waals surface area contributed by atoms with Crippen LogP contribution in [-0.4, -0.2) is 30.9 Å². The minimum Gasteiger partial charge on any atom is -0.493 e. The van der Waals surface area contributed by atoms with Gasteiger partial charge in [0.05, 0.1) is 46.6 Å². The molecule has 0 saturated carbocycles. The van der Waals surface area contributed by atoms with Gasteiger partial charge < -0.3 is 18.9 Å². The van der Waals surface area contributed by atoms with Gasteiger partial charge in [0.15, 0.2) is 16.3 Å². The van der Waals surface area contributed by atoms with Crippen molar-refractivity contribution in [3.05, 3.63) is 118 Å². The molecule has 2 heterocycles. The zero-order valence-corrected chi connectivity index (χ0v) is 27.7. The van der Waals surface area contributed by atoms with Crippen LogP contribution in [0.5, 0.6) is 17.2 Å². The number of allylic oxidation sites excluding steroid dienone is 1. The monoisotopic (exact) mass is 696 g/mol. The van der Waals surface area contributed by atoms with E-state index in [1.165, 1.54) is 11.3 Å². The summed E-state index contributed by atoms with van der Waals surface area (Å²) in [5, 5.41) is 0.638. The van der Waals surface area contributed by atoms with Gasteiger partial charge in [-0.05, 0) is 84.2 Å². The summed E-state index contributed by atoms with van der Waals surface area (Å²) < 4.78 is 25.4. The minimum atomic E-state index is -0.773. The van der Waals surface area contributed by atoms with E-state index in [1.54, 1.807) is 43.7 Å². The number of benzene rings is 3. The number of nitrogens with zero attached hydrogens (tertiary/aromatic N) is 2. The Labute approximate surface area is 272 Å². The number of thiazole rings is 1. The molecule has 0 aliphatic carbocycles. The average Bonchev–Trinajstić information content (AvgIpc) is 3.30. The van der Waals surface area contributed by atoms with Crippen LogP contribution in [0.3, 0.4) is 0 Å². The van der Waals surface area contributed by atoms with Crippen molar-refractivity contribution in [1.82, 2.24) is 4.57 Å². The lowest BCUT2D eigenvalue weighted by molar-refractivity contribution is -0.139. The summed E-state index contributed by atoms with van der Waals surface area (Å²) in [6.45, 7) is 6.29. The molecule has 1 aromatic heterocycles. The van der Waals surface area contributed by atoms with Crippen molar-refractivity contribution in [3.63, 3.8) is 0 Å². The second kappa shape index (κ2) is 13.8. The minimum absolute atomic E-state index is 0.187. The molecule has 1 atom stereocenters. The van der Waals surface area contributed by atoms with Crippen molar-refractivity contribution in [3.8, 4) is 17.2 Å². The standard InChI is InChI=1S/C33H30BrClN2O6S/c1-5-41-27-17-21(12-14-26(27)40-4)30-29(32(39)42-6-2)19(3)36-33-37(30)31(38)28(44-33)16-20-11-13-25(23(34)15-20)43-18-22-9-7-8-10-24(22)35/h7-17,30H,5-6,18H2,1-4H3/b28-16-/t30-/m1/s1. The van der Waals surface area contributed by atoms with Gasteiger partial charge in [-0.2, -0.15) is 0 Å². The lowest BCUT2D eigenvalue weighted by atomic mass is 9.95. The Morgan fingerprint density at radius 1 is 1.05 bits per heavy atom. The molecule has 4 aromatic rings. The first-order chi connectivity index (χ1) is 21.2. The summed E-state index contributed by atoms with van der Waals surface area (Å²) in [6, 6.07) is 17.7. The molecule has 11 heteroatoms. The second-order valence-corrected chi connectivity index (χ2v) is 12.0. The smallest absolute Gasteiger partial charge is 0.338 e. The van der Waals surface area contributed by atoms with Crippen LogP contribution in [-0.2, 0) is 16.1 Å². The molecule has 0 N–H and O–H groups in total. The van der Waals surface area contributed by atoms with Gasteiger partial charge >= 0.3 is 5.97 Å². The molecule has 1 aliphatic heterocycles. The zero-order valence-electron chi connectivity index (χ0n) is 24.6. The van der Waals surface area contributed by atoms with Gasteiger partial charge in [-0.25, -0.2) is 9.79 Å². The quantitative estimate of drug-likeness (QED) is 0.184. The summed E-state index contributed by atoms with van der Waals surface area (Å²) in [5.74, 6) is 1.17. The van der Waals surface area contributed by atoms with Crippen LogP contribution in [0.15, 0.2) is 86.2 Å². The van der Waals surface area contributed by atoms with Crippen molar-refractivity contribution in [2.24, 2.45) is 4.99 Å². The molecule has 0 radical (unpaired) electrons. The molecule has 44 heavy (non-hydrogen) atoms. The number of halogens is 2. The highest BCUT2D eigenvalue weighted by Gasteiger charge is 2.34. The fraction of sp³-hybridized carbons (Fsp3) is 0.242. The topological polar surface area (TPSA) is 88.4 Å². The summed E-state index contributed by atoms with van der Waals surface area (Å²) in [4.78, 5) is 32.4. The van der Waals surface area contributed by atoms with E-state index in [0.717, 1.165) is 15.6 Å². The number of hydrogen-bond acceptors (Lipinski definition) is 8. The van der Waals surface area contributed by atoms with Crippen LogP contribution in [0, 0.1) is 0 Å². The predicted molar refractivity (Wildman–Crippen MR) is 174 cm³/mol. The highest BCUT2D eigenvalue weighted by Crippen LogP contribution is 2.36. The number of ether oxygens (including phenoxy) is 4. The molecule has 0 spiro atoms. The number of carbonyl (C=O) groups is 1. The van der Waals surface area contributed by atoms with Crippen LogP contribution >= 0.6 is 38.9 Å². The molecule has 228 valence electrons. The van der Waals surface area contributed by atoms with Crippen molar-refractivity contribution in [2.45, 2.75) is 33.4 Å². The van der Waals surface area contributed by atoms with E-state index in [9.17, 15) is 9.59 Å². The van der Waals surface area contributed by atoms with Gasteiger partial charge in [0.25, 0.3) is 5.56 Å². The third-order valence-corrected chi connectivity index (χ3v) is 8.89. The van der Waals surface area contributed by atoms with Gasteiger partial charge in [0.1, 0.15) is 12.4 Å². The van der Waals surface area contributed by atoms with Crippen molar-refractivity contribution in [2.75, 3.05) is 20.3 Å². The Balaban J connectivity index is 1.56. The van der Waals surface area contributed by atoms with Crippen LogP contribution in [0.4, 0.5) is 0 Å². The first-order valence-corrected chi connectivity index (χ1v) is 15.9. The first kappa shape index (κ1) is 31.6. The lowest BCUT2D eigenvalue weighted by Crippen LogP contribution is -2.40. The Kier molecular flexibility index (Phi) is 9.93. The van der Waals surface area contributed by atoms with Crippen LogP contribution in [0.25, 0.3) is 6.08 Å². The maximum atomic E-state index is 14.0. The van der Waals surface area contributed by atoms with Gasteiger partial charge in [-0.1, -0.05) is 53.3 Å². The lowest BCUT2D eigenvalue weighted by Gasteiger charge is -2.25. The number of rotatable bonds is 10. The van der Waals surface area contributed by atoms with Crippen LogP contribution in [0.2, 0.25) is 5.02 Å². The average molecular weight is 698 g/mol. The number of methoxy groups -OCH3 is 1. The summed E-state index contributed by atoms with van der Waals surface area (Å²) in [5.41, 5.74) is 2.83. The van der Waals surface area contributed by atoms with Crippen LogP contribution < -0.4 is 29.1 Å². The van der Waals surface area contributed by atoms with Crippen molar-refractivity contribution >= 4 is 50.9 Å². The van der Waals surface area contributed by atoms with E-state index in [2.05, 4.69) is 20.9 Å². The molecular weight excluding hydrogens is 668 g/mol. The number of hydrogen-bond donors (Lipinski definition) is 0. The maximum Gasteiger partial charge on any atom is 0.338 e. The molecule has 8 nitrogen and oxygen atoms in total. The predicted octanol–water partition coefficient (Wildman–Crippen LogP) is 6.20. The maximum absolute atomic E-state index is 14.0. The van der Waals surface area contributed by atoms with Crippen LogP contribution in [0.1, 0.15) is 43.5 Å². The molecule has 0 fully saturated rings. The van der Waals surface area contributed by atoms with E-state index < -0.39 is 12.0 Å². The number of carbonyl (C=O) groups excluding carboxylic acids is 1. The SMILES string of the molecule is CCOC(=O)C1=C(C)N=c2s/c(=C\c3ccc(OCc4ccccc4Cl)c(Br)c3)c(=O)n2[C@@H]1c1ccc(OC)c(OCC)c1. The van der Waals surface area contributed by atoms with E-state index in [4.69, 9.17) is 30.5 Å². The molecule has 0 saturated heterocycles. The Morgan fingerprint density at radius 3 is 2.52 bits per heavy atom. The van der Waals surface area contributed by atoms with E-state index in [1.807, 2.05) is 55.5 Å². The normalized spacial score (nSPS) is 14.6. The summed E-state index contributed by atoms with van der Waals surface area (Å²) in [6.07, 6.45) is 1.80. The van der Waals surface area contributed by atoms with E-state index in [0.29, 0.717) is 61.7 Å². The molecule has 5 rings (SSSR count). The molecule has 1 aliphatic rings. The third-order valence-electron chi connectivity index (χ3n) is 6.92.